The maximum absolute atomic E-state index is 13.3. The third-order valence-electron chi connectivity index (χ3n) is 4.92. The largest absolute Gasteiger partial charge is 0.354 e. The van der Waals surface area contributed by atoms with Gasteiger partial charge in [0.05, 0.1) is 5.75 Å². The number of thioether (sulfide) groups is 1. The van der Waals surface area contributed by atoms with Crippen LogP contribution in [0.4, 0.5) is 0 Å². The summed E-state index contributed by atoms with van der Waals surface area (Å²) in [4.78, 5) is 27.8. The zero-order valence-corrected chi connectivity index (χ0v) is 22.7. The molecule has 0 spiro atoms. The van der Waals surface area contributed by atoms with E-state index in [2.05, 4.69) is 5.32 Å². The summed E-state index contributed by atoms with van der Waals surface area (Å²) >= 11 is 26.0. The molecule has 2 aromatic carbocycles. The molecule has 33 heavy (non-hydrogen) atoms. The van der Waals surface area contributed by atoms with Crippen LogP contribution in [0, 0.1) is 5.92 Å². The van der Waals surface area contributed by atoms with Gasteiger partial charge in [0.1, 0.15) is 6.04 Å². The van der Waals surface area contributed by atoms with Gasteiger partial charge in [0.15, 0.2) is 0 Å². The molecule has 0 heterocycles. The average Bonchev–Trinajstić information content (AvgIpc) is 2.75. The van der Waals surface area contributed by atoms with Crippen molar-refractivity contribution in [1.82, 2.24) is 10.2 Å². The molecule has 2 amide bonds. The highest BCUT2D eigenvalue weighted by Gasteiger charge is 2.29. The average molecular weight is 550 g/mol. The molecule has 0 unspecified atom stereocenters. The van der Waals surface area contributed by atoms with Crippen LogP contribution in [0.15, 0.2) is 36.4 Å². The molecule has 0 saturated carbocycles. The third kappa shape index (κ3) is 8.88. The Morgan fingerprint density at radius 2 is 1.55 bits per heavy atom. The molecule has 1 N–H and O–H groups in total. The van der Waals surface area contributed by atoms with Crippen molar-refractivity contribution in [2.45, 2.75) is 45.5 Å². The lowest BCUT2D eigenvalue weighted by Gasteiger charge is -2.31. The number of halogens is 4. The summed E-state index contributed by atoms with van der Waals surface area (Å²) in [5, 5.41) is 5.04. The molecule has 0 bridgehead atoms. The van der Waals surface area contributed by atoms with Crippen LogP contribution < -0.4 is 5.32 Å². The molecule has 180 valence electrons. The van der Waals surface area contributed by atoms with E-state index in [0.29, 0.717) is 44.7 Å². The summed E-state index contributed by atoms with van der Waals surface area (Å²) < 4.78 is 0. The van der Waals surface area contributed by atoms with Crippen LogP contribution in [0.5, 0.6) is 0 Å². The van der Waals surface area contributed by atoms with Crippen molar-refractivity contribution in [1.29, 1.82) is 0 Å². The standard InChI is InChI=1S/C24H28Cl4N2O2S/c1-4-22(24(32)29-11-15(2)3)30(12-16-5-7-18(25)9-20(16)27)23(31)14-33-13-17-6-8-19(26)10-21(17)28/h5-10,15,22H,4,11-14H2,1-3H3,(H,29,32)/t22-/m0/s1. The van der Waals surface area contributed by atoms with Crippen molar-refractivity contribution >= 4 is 70.0 Å². The van der Waals surface area contributed by atoms with Gasteiger partial charge in [-0.1, -0.05) is 79.3 Å². The fourth-order valence-electron chi connectivity index (χ4n) is 3.15. The summed E-state index contributed by atoms with van der Waals surface area (Å²) in [7, 11) is 0. The van der Waals surface area contributed by atoms with Crippen LogP contribution in [0.25, 0.3) is 0 Å². The SMILES string of the molecule is CC[C@@H](C(=O)NCC(C)C)N(Cc1ccc(Cl)cc1Cl)C(=O)CSCc1ccc(Cl)cc1Cl. The Morgan fingerprint density at radius 3 is 2.06 bits per heavy atom. The molecule has 0 aromatic heterocycles. The van der Waals surface area contributed by atoms with Crippen molar-refractivity contribution in [2.75, 3.05) is 12.3 Å². The lowest BCUT2D eigenvalue weighted by Crippen LogP contribution is -2.50. The predicted molar refractivity (Wildman–Crippen MR) is 142 cm³/mol. The van der Waals surface area contributed by atoms with Crippen LogP contribution in [0.3, 0.4) is 0 Å². The first-order valence-electron chi connectivity index (χ1n) is 10.6. The molecule has 9 heteroatoms. The maximum Gasteiger partial charge on any atom is 0.242 e. The van der Waals surface area contributed by atoms with Gasteiger partial charge in [-0.15, -0.1) is 11.8 Å². The Morgan fingerprint density at radius 1 is 0.970 bits per heavy atom. The molecule has 4 nitrogen and oxygen atoms in total. The lowest BCUT2D eigenvalue weighted by molar-refractivity contribution is -0.139. The van der Waals surface area contributed by atoms with Crippen molar-refractivity contribution in [3.8, 4) is 0 Å². The number of rotatable bonds is 11. The van der Waals surface area contributed by atoms with Gasteiger partial charge < -0.3 is 10.2 Å². The van der Waals surface area contributed by atoms with Gasteiger partial charge in [-0.3, -0.25) is 9.59 Å². The quantitative estimate of drug-likeness (QED) is 0.325. The summed E-state index contributed by atoms with van der Waals surface area (Å²) in [5.41, 5.74) is 1.63. The molecule has 0 radical (unpaired) electrons. The Labute approximate surface area is 220 Å². The highest BCUT2D eigenvalue weighted by Crippen LogP contribution is 2.27. The monoisotopic (exact) mass is 548 g/mol. The van der Waals surface area contributed by atoms with Gasteiger partial charge in [-0.05, 0) is 47.7 Å². The fraction of sp³-hybridized carbons (Fsp3) is 0.417. The van der Waals surface area contributed by atoms with E-state index < -0.39 is 6.04 Å². The second-order valence-electron chi connectivity index (χ2n) is 8.05. The highest BCUT2D eigenvalue weighted by atomic mass is 35.5. The van der Waals surface area contributed by atoms with Crippen molar-refractivity contribution in [3.05, 3.63) is 67.6 Å². The topological polar surface area (TPSA) is 49.4 Å². The van der Waals surface area contributed by atoms with E-state index in [9.17, 15) is 9.59 Å². The van der Waals surface area contributed by atoms with Gasteiger partial charge in [-0.2, -0.15) is 0 Å². The van der Waals surface area contributed by atoms with Crippen LogP contribution >= 0.6 is 58.2 Å². The normalized spacial score (nSPS) is 12.0. The second-order valence-corrected chi connectivity index (χ2v) is 10.7. The van der Waals surface area contributed by atoms with E-state index in [1.165, 1.54) is 11.8 Å². The lowest BCUT2D eigenvalue weighted by atomic mass is 10.1. The van der Waals surface area contributed by atoms with Crippen molar-refractivity contribution < 1.29 is 9.59 Å². The first-order chi connectivity index (χ1) is 15.6. The van der Waals surface area contributed by atoms with Gasteiger partial charge in [0, 0.05) is 38.9 Å². The maximum atomic E-state index is 13.3. The highest BCUT2D eigenvalue weighted by molar-refractivity contribution is 7.99. The zero-order chi connectivity index (χ0) is 24.5. The summed E-state index contributed by atoms with van der Waals surface area (Å²) in [6, 6.07) is 9.84. The third-order valence-corrected chi connectivity index (χ3v) is 7.06. The zero-order valence-electron chi connectivity index (χ0n) is 18.8. The fourth-order valence-corrected chi connectivity index (χ4v) is 5.08. The smallest absolute Gasteiger partial charge is 0.242 e. The van der Waals surface area contributed by atoms with E-state index in [0.717, 1.165) is 11.1 Å². The number of benzene rings is 2. The number of amides is 2. The van der Waals surface area contributed by atoms with Crippen LogP contribution in [0.2, 0.25) is 20.1 Å². The number of nitrogens with one attached hydrogen (secondary N) is 1. The first kappa shape index (κ1) is 28.1. The Hall–Kier alpha value is -1.11. The van der Waals surface area contributed by atoms with E-state index in [1.54, 1.807) is 35.2 Å². The molecule has 0 fully saturated rings. The minimum absolute atomic E-state index is 0.150. The minimum atomic E-state index is -0.609. The predicted octanol–water partition coefficient (Wildman–Crippen LogP) is 7.11. The van der Waals surface area contributed by atoms with E-state index in [4.69, 9.17) is 46.4 Å². The van der Waals surface area contributed by atoms with Gasteiger partial charge in [-0.25, -0.2) is 0 Å². The van der Waals surface area contributed by atoms with Crippen LogP contribution in [0.1, 0.15) is 38.3 Å². The molecular formula is C24H28Cl4N2O2S. The summed E-state index contributed by atoms with van der Waals surface area (Å²) in [6.07, 6.45) is 0.481. The van der Waals surface area contributed by atoms with Gasteiger partial charge >= 0.3 is 0 Å². The molecule has 2 rings (SSSR count). The van der Waals surface area contributed by atoms with Gasteiger partial charge in [0.2, 0.25) is 11.8 Å². The Kier molecular flexibility index (Phi) is 11.7. The number of hydrogen-bond donors (Lipinski definition) is 1. The number of carbonyl (C=O) groups is 2. The van der Waals surface area contributed by atoms with E-state index in [1.807, 2.05) is 26.8 Å². The van der Waals surface area contributed by atoms with Crippen molar-refractivity contribution in [2.24, 2.45) is 5.92 Å². The van der Waals surface area contributed by atoms with Gasteiger partial charge in [0.25, 0.3) is 0 Å². The molecular weight excluding hydrogens is 522 g/mol. The Bertz CT molecular complexity index is 971. The first-order valence-corrected chi connectivity index (χ1v) is 13.3. The number of carbonyl (C=O) groups excluding carboxylic acids is 2. The molecule has 1 atom stereocenters. The number of hydrogen-bond acceptors (Lipinski definition) is 3. The van der Waals surface area contributed by atoms with Crippen LogP contribution in [-0.4, -0.2) is 35.1 Å². The summed E-state index contributed by atoms with van der Waals surface area (Å²) in [6.45, 7) is 6.70. The van der Waals surface area contributed by atoms with E-state index >= 15 is 0 Å². The van der Waals surface area contributed by atoms with Crippen LogP contribution in [-0.2, 0) is 21.9 Å². The minimum Gasteiger partial charge on any atom is -0.354 e. The number of nitrogens with zero attached hydrogens (tertiary/aromatic N) is 1. The molecule has 2 aromatic rings. The second kappa shape index (κ2) is 13.7. The Balaban J connectivity index is 2.18. The van der Waals surface area contributed by atoms with E-state index in [-0.39, 0.29) is 24.1 Å². The molecule has 0 aliphatic rings. The molecule has 0 aliphatic heterocycles. The summed E-state index contributed by atoms with van der Waals surface area (Å²) in [5.74, 6) is 0.727. The van der Waals surface area contributed by atoms with Crippen molar-refractivity contribution in [3.63, 3.8) is 0 Å². The molecule has 0 saturated heterocycles. The molecule has 0 aliphatic carbocycles.